The lowest BCUT2D eigenvalue weighted by Gasteiger charge is -2.33. The molecule has 0 saturated carbocycles. The number of aryl methyl sites for hydroxylation is 1. The fourth-order valence-electron chi connectivity index (χ4n) is 4.66. The molecule has 2 aromatic carbocycles. The summed E-state index contributed by atoms with van der Waals surface area (Å²) in [6.45, 7) is 3.04. The summed E-state index contributed by atoms with van der Waals surface area (Å²) in [5.74, 6) is 0.124. The van der Waals surface area contributed by atoms with Gasteiger partial charge in [-0.25, -0.2) is 4.39 Å². The van der Waals surface area contributed by atoms with Gasteiger partial charge in [-0.1, -0.05) is 35.0 Å². The molecule has 1 saturated heterocycles. The lowest BCUT2D eigenvalue weighted by atomic mass is 9.89. The molecule has 1 amide bonds. The van der Waals surface area contributed by atoms with Crippen molar-refractivity contribution in [1.82, 2.24) is 19.6 Å². The summed E-state index contributed by atoms with van der Waals surface area (Å²) < 4.78 is 19.6. The number of nitrogens with one attached hydrogen (secondary N) is 2. The van der Waals surface area contributed by atoms with Crippen LogP contribution in [0.3, 0.4) is 0 Å². The number of carbonyl (C=O) groups excluding carboxylic acids is 1. The number of amides is 1. The van der Waals surface area contributed by atoms with Gasteiger partial charge in [0.15, 0.2) is 5.82 Å². The molecular weight excluding hydrogens is 529 g/mol. The van der Waals surface area contributed by atoms with Gasteiger partial charge in [0.2, 0.25) is 0 Å². The molecule has 0 radical (unpaired) electrons. The van der Waals surface area contributed by atoms with Gasteiger partial charge in [0, 0.05) is 25.4 Å². The van der Waals surface area contributed by atoms with Crippen LogP contribution in [0.15, 0.2) is 64.0 Å². The van der Waals surface area contributed by atoms with E-state index in [2.05, 4.69) is 15.5 Å². The first-order chi connectivity index (χ1) is 18.3. The quantitative estimate of drug-likeness (QED) is 0.293. The van der Waals surface area contributed by atoms with E-state index in [-0.39, 0.29) is 34.6 Å². The molecule has 1 fully saturated rings. The highest BCUT2D eigenvalue weighted by atomic mass is 35.5. The number of halogens is 2. The van der Waals surface area contributed by atoms with Crippen LogP contribution in [-0.2, 0) is 6.54 Å². The van der Waals surface area contributed by atoms with Gasteiger partial charge >= 0.3 is 0 Å². The van der Waals surface area contributed by atoms with Crippen molar-refractivity contribution in [2.45, 2.75) is 32.2 Å². The normalized spacial score (nSPS) is 14.0. The van der Waals surface area contributed by atoms with Crippen LogP contribution in [0.4, 0.5) is 15.8 Å². The number of aromatic nitrogens is 3. The molecule has 38 heavy (non-hydrogen) atoms. The van der Waals surface area contributed by atoms with Crippen LogP contribution in [-0.4, -0.2) is 38.6 Å². The smallest absolute Gasteiger partial charge is 0.294 e. The molecule has 8 nitrogen and oxygen atoms in total. The maximum Gasteiger partial charge on any atom is 0.294 e. The number of aromatic amines is 1. The highest BCUT2D eigenvalue weighted by Gasteiger charge is 2.27. The highest BCUT2D eigenvalue weighted by Crippen LogP contribution is 2.31. The minimum atomic E-state index is -0.342. The van der Waals surface area contributed by atoms with E-state index in [9.17, 15) is 14.0 Å². The van der Waals surface area contributed by atoms with E-state index < -0.39 is 0 Å². The van der Waals surface area contributed by atoms with Gasteiger partial charge in [-0.2, -0.15) is 0 Å². The second kappa shape index (κ2) is 10.9. The number of rotatable bonds is 6. The Morgan fingerprint density at radius 1 is 1.18 bits per heavy atom. The molecule has 11 heteroatoms. The zero-order chi connectivity index (χ0) is 26.8. The summed E-state index contributed by atoms with van der Waals surface area (Å²) in [5, 5.41) is 7.48. The standard InChI is InChI=1S/C27H25ClFN5O3S/c1-16-2-7-21(28)23(12-16)30-22-13-25(35)34(15-24-31-27(38)37-32-24)14-20(22)26(36)33-10-8-18(9-11-33)17-3-5-19(29)6-4-17/h2-7,12-14,18,30H,8-11,15H2,1H3,(H,31,32,38). The predicted octanol–water partition coefficient (Wildman–Crippen LogP) is 5.81. The molecule has 0 bridgehead atoms. The molecule has 3 heterocycles. The average molecular weight is 554 g/mol. The Labute approximate surface area is 228 Å². The largest absolute Gasteiger partial charge is 0.353 e. The molecule has 0 aliphatic carbocycles. The summed E-state index contributed by atoms with van der Waals surface area (Å²) in [4.78, 5) is 31.5. The van der Waals surface area contributed by atoms with Gasteiger partial charge in [-0.3, -0.25) is 14.6 Å². The Bertz CT molecular complexity index is 1590. The molecule has 1 aliphatic heterocycles. The summed E-state index contributed by atoms with van der Waals surface area (Å²) in [7, 11) is 0. The Kier molecular flexibility index (Phi) is 7.44. The third-order valence-electron chi connectivity index (χ3n) is 6.68. The minimum Gasteiger partial charge on any atom is -0.353 e. The first kappa shape index (κ1) is 25.9. The first-order valence-corrected chi connectivity index (χ1v) is 12.9. The molecule has 0 unspecified atom stereocenters. The van der Waals surface area contributed by atoms with Crippen molar-refractivity contribution in [3.63, 3.8) is 0 Å². The van der Waals surface area contributed by atoms with Crippen LogP contribution >= 0.6 is 23.8 Å². The van der Waals surface area contributed by atoms with Gasteiger partial charge in [0.25, 0.3) is 16.3 Å². The lowest BCUT2D eigenvalue weighted by molar-refractivity contribution is 0.0713. The number of nitrogens with zero attached hydrogens (tertiary/aromatic N) is 3. The van der Waals surface area contributed by atoms with Crippen molar-refractivity contribution < 1.29 is 13.7 Å². The van der Waals surface area contributed by atoms with E-state index in [1.54, 1.807) is 23.1 Å². The second-order valence-electron chi connectivity index (χ2n) is 9.33. The minimum absolute atomic E-state index is 0.0530. The van der Waals surface area contributed by atoms with E-state index in [1.807, 2.05) is 19.1 Å². The number of anilines is 2. The lowest BCUT2D eigenvalue weighted by Crippen LogP contribution is -2.39. The number of piperidine rings is 1. The van der Waals surface area contributed by atoms with Crippen molar-refractivity contribution in [1.29, 1.82) is 0 Å². The molecular formula is C27H25ClFN5O3S. The van der Waals surface area contributed by atoms with Crippen molar-refractivity contribution >= 4 is 41.1 Å². The maximum absolute atomic E-state index is 13.8. The topological polar surface area (TPSA) is 96.2 Å². The summed E-state index contributed by atoms with van der Waals surface area (Å²) >= 11 is 11.3. The number of hydrogen-bond acceptors (Lipinski definition) is 6. The molecule has 0 atom stereocenters. The number of carbonyl (C=O) groups is 1. The number of hydrogen-bond donors (Lipinski definition) is 2. The third kappa shape index (κ3) is 5.71. The van der Waals surface area contributed by atoms with E-state index in [1.165, 1.54) is 29.0 Å². The second-order valence-corrected chi connectivity index (χ2v) is 10.1. The van der Waals surface area contributed by atoms with Gasteiger partial charge in [-0.15, -0.1) is 0 Å². The van der Waals surface area contributed by atoms with Crippen LogP contribution in [0.25, 0.3) is 0 Å². The monoisotopic (exact) mass is 553 g/mol. The van der Waals surface area contributed by atoms with Gasteiger partial charge < -0.3 is 19.3 Å². The molecule has 196 valence electrons. The molecule has 2 N–H and O–H groups in total. The van der Waals surface area contributed by atoms with Crippen molar-refractivity contribution in [2.24, 2.45) is 0 Å². The van der Waals surface area contributed by atoms with Crippen LogP contribution in [0.2, 0.25) is 5.02 Å². The van der Waals surface area contributed by atoms with E-state index in [0.717, 1.165) is 24.0 Å². The number of likely N-dealkylation sites (tertiary alicyclic amines) is 1. The van der Waals surface area contributed by atoms with Gasteiger partial charge in [0.1, 0.15) is 5.82 Å². The van der Waals surface area contributed by atoms with Crippen molar-refractivity contribution in [3.05, 3.63) is 103 Å². The Hall–Kier alpha value is -3.76. The van der Waals surface area contributed by atoms with Crippen LogP contribution in [0, 0.1) is 17.6 Å². The average Bonchev–Trinajstić information content (AvgIpc) is 3.32. The fraction of sp³-hybridized carbons (Fsp3) is 0.259. The highest BCUT2D eigenvalue weighted by molar-refractivity contribution is 7.71. The molecule has 2 aromatic heterocycles. The molecule has 0 spiro atoms. The zero-order valence-corrected chi connectivity index (χ0v) is 22.1. The summed E-state index contributed by atoms with van der Waals surface area (Å²) in [6.07, 6.45) is 3.02. The van der Waals surface area contributed by atoms with E-state index >= 15 is 0 Å². The summed E-state index contributed by atoms with van der Waals surface area (Å²) in [6, 6.07) is 13.4. The predicted molar refractivity (Wildman–Crippen MR) is 145 cm³/mol. The molecule has 1 aliphatic rings. The number of pyridine rings is 1. The van der Waals surface area contributed by atoms with Crippen LogP contribution in [0.5, 0.6) is 0 Å². The Morgan fingerprint density at radius 3 is 2.61 bits per heavy atom. The maximum atomic E-state index is 13.8. The fourth-order valence-corrected chi connectivity index (χ4v) is 4.98. The third-order valence-corrected chi connectivity index (χ3v) is 7.18. The van der Waals surface area contributed by atoms with Gasteiger partial charge in [-0.05, 0) is 73.3 Å². The van der Waals surface area contributed by atoms with E-state index in [0.29, 0.717) is 40.9 Å². The molecule has 4 aromatic rings. The number of H-pyrrole nitrogens is 1. The van der Waals surface area contributed by atoms with Gasteiger partial charge in [0.05, 0.1) is 28.5 Å². The molecule has 5 rings (SSSR count). The van der Waals surface area contributed by atoms with Crippen LogP contribution < -0.4 is 10.9 Å². The van der Waals surface area contributed by atoms with Crippen LogP contribution in [0.1, 0.15) is 46.1 Å². The van der Waals surface area contributed by atoms with Crippen molar-refractivity contribution in [2.75, 3.05) is 18.4 Å². The van der Waals surface area contributed by atoms with Crippen molar-refractivity contribution in [3.8, 4) is 0 Å². The zero-order valence-electron chi connectivity index (χ0n) is 20.5. The Morgan fingerprint density at radius 2 is 1.92 bits per heavy atom. The first-order valence-electron chi connectivity index (χ1n) is 12.1. The SMILES string of the molecule is Cc1ccc(Cl)c(Nc2cc(=O)n(Cc3noc(=S)[nH]3)cc2C(=O)N2CCC(c3ccc(F)cc3)CC2)c1. The number of benzene rings is 2. The summed E-state index contributed by atoms with van der Waals surface area (Å²) in [5.41, 5.74) is 2.97. The van der Waals surface area contributed by atoms with E-state index in [4.69, 9.17) is 28.3 Å². The Balaban J connectivity index is 1.44.